The molecule has 0 aliphatic rings. The molecule has 0 unspecified atom stereocenters. The van der Waals surface area contributed by atoms with E-state index in [1.54, 1.807) is 25.1 Å². The minimum atomic E-state index is -0.220. The van der Waals surface area contributed by atoms with Crippen molar-refractivity contribution in [3.63, 3.8) is 0 Å². The molecule has 2 nitrogen and oxygen atoms in total. The molecule has 1 aromatic carbocycles. The zero-order valence-electron chi connectivity index (χ0n) is 8.76. The standard InChI is InChI=1S/C12H11ClFNO/c1-8-10(14)3-2-4-11(8)15-7-9-5-6-12(13)16-9/h2-6,15H,7H2,1H3. The maximum Gasteiger partial charge on any atom is 0.193 e. The van der Waals surface area contributed by atoms with Gasteiger partial charge in [-0.15, -0.1) is 0 Å². The average molecular weight is 240 g/mol. The van der Waals surface area contributed by atoms with Gasteiger partial charge in [0.2, 0.25) is 0 Å². The first-order valence-corrected chi connectivity index (χ1v) is 5.28. The molecule has 0 spiro atoms. The van der Waals surface area contributed by atoms with E-state index in [-0.39, 0.29) is 5.82 Å². The van der Waals surface area contributed by atoms with Crippen LogP contribution in [0, 0.1) is 12.7 Å². The SMILES string of the molecule is Cc1c(F)cccc1NCc1ccc(Cl)o1. The molecule has 0 atom stereocenters. The summed E-state index contributed by atoms with van der Waals surface area (Å²) in [5, 5.41) is 3.45. The summed E-state index contributed by atoms with van der Waals surface area (Å²) in [4.78, 5) is 0. The molecule has 16 heavy (non-hydrogen) atoms. The third kappa shape index (κ3) is 2.36. The third-order valence-electron chi connectivity index (χ3n) is 2.35. The highest BCUT2D eigenvalue weighted by atomic mass is 35.5. The Kier molecular flexibility index (Phi) is 3.15. The zero-order valence-corrected chi connectivity index (χ0v) is 9.51. The molecule has 1 heterocycles. The van der Waals surface area contributed by atoms with Crippen molar-refractivity contribution in [3.05, 3.63) is 52.7 Å². The Labute approximate surface area is 98.0 Å². The largest absolute Gasteiger partial charge is 0.448 e. The van der Waals surface area contributed by atoms with E-state index in [2.05, 4.69) is 5.32 Å². The number of nitrogens with one attached hydrogen (secondary N) is 1. The van der Waals surface area contributed by atoms with E-state index >= 15 is 0 Å². The zero-order chi connectivity index (χ0) is 11.5. The van der Waals surface area contributed by atoms with Crippen LogP contribution in [0.4, 0.5) is 10.1 Å². The molecule has 0 aliphatic heterocycles. The fraction of sp³-hybridized carbons (Fsp3) is 0.167. The normalized spacial score (nSPS) is 10.4. The van der Waals surface area contributed by atoms with E-state index in [0.29, 0.717) is 23.1 Å². The van der Waals surface area contributed by atoms with E-state index in [4.69, 9.17) is 16.0 Å². The van der Waals surface area contributed by atoms with Crippen molar-refractivity contribution in [2.75, 3.05) is 5.32 Å². The van der Waals surface area contributed by atoms with Gasteiger partial charge in [0.15, 0.2) is 5.22 Å². The van der Waals surface area contributed by atoms with Crippen LogP contribution in [0.1, 0.15) is 11.3 Å². The lowest BCUT2D eigenvalue weighted by atomic mass is 10.2. The van der Waals surface area contributed by atoms with Crippen molar-refractivity contribution in [1.82, 2.24) is 0 Å². The molecule has 0 bridgehead atoms. The van der Waals surface area contributed by atoms with Crippen LogP contribution in [0.15, 0.2) is 34.7 Å². The van der Waals surface area contributed by atoms with Crippen LogP contribution in [0.5, 0.6) is 0 Å². The number of benzene rings is 1. The summed E-state index contributed by atoms with van der Waals surface area (Å²) in [7, 11) is 0. The summed E-state index contributed by atoms with van der Waals surface area (Å²) in [6.07, 6.45) is 0. The molecular weight excluding hydrogens is 229 g/mol. The van der Waals surface area contributed by atoms with Crippen LogP contribution in [0.3, 0.4) is 0 Å². The highest BCUT2D eigenvalue weighted by molar-refractivity contribution is 6.28. The fourth-order valence-corrected chi connectivity index (χ4v) is 1.59. The minimum Gasteiger partial charge on any atom is -0.448 e. The summed E-state index contributed by atoms with van der Waals surface area (Å²) in [5.41, 5.74) is 1.35. The van der Waals surface area contributed by atoms with E-state index in [0.717, 1.165) is 5.69 Å². The van der Waals surface area contributed by atoms with Gasteiger partial charge in [-0.25, -0.2) is 4.39 Å². The molecular formula is C12H11ClFNO. The average Bonchev–Trinajstić information content (AvgIpc) is 2.67. The lowest BCUT2D eigenvalue weighted by Gasteiger charge is -2.08. The fourth-order valence-electron chi connectivity index (χ4n) is 1.43. The maximum atomic E-state index is 13.2. The monoisotopic (exact) mass is 239 g/mol. The highest BCUT2D eigenvalue weighted by Gasteiger charge is 2.04. The number of hydrogen-bond donors (Lipinski definition) is 1. The molecule has 2 rings (SSSR count). The van der Waals surface area contributed by atoms with Crippen molar-refractivity contribution < 1.29 is 8.81 Å². The quantitative estimate of drug-likeness (QED) is 0.876. The van der Waals surface area contributed by atoms with Crippen LogP contribution in [0.25, 0.3) is 0 Å². The Hall–Kier alpha value is -1.48. The van der Waals surface area contributed by atoms with Crippen molar-refractivity contribution >= 4 is 17.3 Å². The molecule has 0 amide bonds. The second-order valence-corrected chi connectivity index (χ2v) is 3.84. The van der Waals surface area contributed by atoms with Gasteiger partial charge in [0.1, 0.15) is 11.6 Å². The Bertz CT molecular complexity index is 496. The van der Waals surface area contributed by atoms with E-state index in [1.165, 1.54) is 6.07 Å². The number of furan rings is 1. The Morgan fingerprint density at radius 3 is 2.81 bits per heavy atom. The van der Waals surface area contributed by atoms with E-state index in [9.17, 15) is 4.39 Å². The van der Waals surface area contributed by atoms with Crippen molar-refractivity contribution in [2.45, 2.75) is 13.5 Å². The van der Waals surface area contributed by atoms with Gasteiger partial charge in [0.05, 0.1) is 6.54 Å². The van der Waals surface area contributed by atoms with Gasteiger partial charge in [0.25, 0.3) is 0 Å². The highest BCUT2D eigenvalue weighted by Crippen LogP contribution is 2.19. The van der Waals surface area contributed by atoms with Gasteiger partial charge in [-0.2, -0.15) is 0 Å². The third-order valence-corrected chi connectivity index (χ3v) is 2.55. The lowest BCUT2D eigenvalue weighted by Crippen LogP contribution is -2.00. The summed E-state index contributed by atoms with van der Waals surface area (Å²) in [6, 6.07) is 8.38. The summed E-state index contributed by atoms with van der Waals surface area (Å²) >= 11 is 5.64. The molecule has 0 aliphatic carbocycles. The number of rotatable bonds is 3. The molecule has 2 aromatic rings. The van der Waals surface area contributed by atoms with Crippen molar-refractivity contribution in [3.8, 4) is 0 Å². The van der Waals surface area contributed by atoms with Crippen LogP contribution in [-0.2, 0) is 6.54 Å². The Balaban J connectivity index is 2.07. The molecule has 0 saturated carbocycles. The lowest BCUT2D eigenvalue weighted by molar-refractivity contribution is 0.520. The summed E-state index contributed by atoms with van der Waals surface area (Å²) in [5.74, 6) is 0.496. The molecule has 0 radical (unpaired) electrons. The van der Waals surface area contributed by atoms with Gasteiger partial charge < -0.3 is 9.73 Å². The van der Waals surface area contributed by atoms with Crippen molar-refractivity contribution in [2.24, 2.45) is 0 Å². The molecule has 0 saturated heterocycles. The summed E-state index contributed by atoms with van der Waals surface area (Å²) < 4.78 is 18.4. The predicted molar refractivity (Wildman–Crippen MR) is 62.2 cm³/mol. The van der Waals surface area contributed by atoms with E-state index in [1.807, 2.05) is 6.07 Å². The van der Waals surface area contributed by atoms with Crippen LogP contribution < -0.4 is 5.32 Å². The van der Waals surface area contributed by atoms with Gasteiger partial charge >= 0.3 is 0 Å². The molecule has 84 valence electrons. The van der Waals surface area contributed by atoms with Gasteiger partial charge in [-0.05, 0) is 42.8 Å². The predicted octanol–water partition coefficient (Wildman–Crippen LogP) is 3.99. The smallest absolute Gasteiger partial charge is 0.193 e. The first-order chi connectivity index (χ1) is 7.66. The van der Waals surface area contributed by atoms with Gasteiger partial charge in [0, 0.05) is 11.3 Å². The van der Waals surface area contributed by atoms with Crippen LogP contribution in [-0.4, -0.2) is 0 Å². The second-order valence-electron chi connectivity index (χ2n) is 3.47. The van der Waals surface area contributed by atoms with Gasteiger partial charge in [-0.1, -0.05) is 6.07 Å². The second kappa shape index (κ2) is 4.58. The minimum absolute atomic E-state index is 0.220. The molecule has 1 aromatic heterocycles. The molecule has 0 fully saturated rings. The number of hydrogen-bond acceptors (Lipinski definition) is 2. The van der Waals surface area contributed by atoms with Crippen LogP contribution in [0.2, 0.25) is 5.22 Å². The van der Waals surface area contributed by atoms with Gasteiger partial charge in [-0.3, -0.25) is 0 Å². The topological polar surface area (TPSA) is 25.2 Å². The number of halogens is 2. The van der Waals surface area contributed by atoms with E-state index < -0.39 is 0 Å². The molecule has 4 heteroatoms. The first kappa shape index (κ1) is 11.0. The van der Waals surface area contributed by atoms with Crippen molar-refractivity contribution in [1.29, 1.82) is 0 Å². The summed E-state index contributed by atoms with van der Waals surface area (Å²) in [6.45, 7) is 2.21. The molecule has 1 N–H and O–H groups in total. The Morgan fingerprint density at radius 2 is 2.12 bits per heavy atom. The Morgan fingerprint density at radius 1 is 1.31 bits per heavy atom. The van der Waals surface area contributed by atoms with Crippen LogP contribution >= 0.6 is 11.6 Å². The first-order valence-electron chi connectivity index (χ1n) is 4.90. The number of anilines is 1. The maximum absolute atomic E-state index is 13.2.